The van der Waals surface area contributed by atoms with E-state index in [-0.39, 0.29) is 24.5 Å². The number of ether oxygens (including phenoxy) is 1. The molecule has 1 aliphatic rings. The molecule has 0 aliphatic heterocycles. The Bertz CT molecular complexity index is 868. The second-order valence-electron chi connectivity index (χ2n) is 7.60. The van der Waals surface area contributed by atoms with Crippen LogP contribution in [0.4, 0.5) is 5.69 Å². The molecule has 0 spiro atoms. The lowest BCUT2D eigenvalue weighted by molar-refractivity contribution is -0.118. The second kappa shape index (κ2) is 9.79. The van der Waals surface area contributed by atoms with E-state index in [9.17, 15) is 9.59 Å². The fourth-order valence-electron chi connectivity index (χ4n) is 3.59. The number of rotatable bonds is 6. The van der Waals surface area contributed by atoms with Crippen LogP contribution < -0.4 is 15.4 Å². The quantitative estimate of drug-likeness (QED) is 0.696. The van der Waals surface area contributed by atoms with Gasteiger partial charge in [0.05, 0.1) is 0 Å². The van der Waals surface area contributed by atoms with E-state index in [2.05, 4.69) is 10.6 Å². The van der Waals surface area contributed by atoms with Crippen molar-refractivity contribution in [2.75, 3.05) is 11.9 Å². The first-order valence-electron chi connectivity index (χ1n) is 10.0. The van der Waals surface area contributed by atoms with Crippen LogP contribution >= 0.6 is 11.6 Å². The summed E-state index contributed by atoms with van der Waals surface area (Å²) in [7, 11) is 0. The number of anilines is 1. The Morgan fingerprint density at radius 1 is 1.07 bits per heavy atom. The summed E-state index contributed by atoms with van der Waals surface area (Å²) in [5.41, 5.74) is 2.91. The molecule has 2 aromatic carbocycles. The molecule has 0 bridgehead atoms. The van der Waals surface area contributed by atoms with Crippen LogP contribution in [0, 0.1) is 13.8 Å². The van der Waals surface area contributed by atoms with E-state index >= 15 is 0 Å². The number of hydrogen-bond donors (Lipinski definition) is 2. The van der Waals surface area contributed by atoms with Crippen molar-refractivity contribution in [2.45, 2.75) is 52.0 Å². The maximum Gasteiger partial charge on any atom is 0.262 e. The Hall–Kier alpha value is -2.53. The predicted molar refractivity (Wildman–Crippen MR) is 116 cm³/mol. The fourth-order valence-corrected chi connectivity index (χ4v) is 3.70. The fraction of sp³-hybridized carbons (Fsp3) is 0.391. The monoisotopic (exact) mass is 414 g/mol. The molecular weight excluding hydrogens is 388 g/mol. The highest BCUT2D eigenvalue weighted by Crippen LogP contribution is 2.26. The summed E-state index contributed by atoms with van der Waals surface area (Å²) in [4.78, 5) is 24.8. The van der Waals surface area contributed by atoms with Gasteiger partial charge in [-0.3, -0.25) is 9.59 Å². The third kappa shape index (κ3) is 5.97. The Kier molecular flexibility index (Phi) is 7.15. The normalized spacial score (nSPS) is 14.3. The van der Waals surface area contributed by atoms with Crippen LogP contribution in [0.25, 0.3) is 0 Å². The molecule has 0 aromatic heterocycles. The largest absolute Gasteiger partial charge is 0.484 e. The van der Waals surface area contributed by atoms with Gasteiger partial charge >= 0.3 is 0 Å². The molecule has 2 aromatic rings. The van der Waals surface area contributed by atoms with Crippen LogP contribution in [0.3, 0.4) is 0 Å². The van der Waals surface area contributed by atoms with Gasteiger partial charge in [-0.2, -0.15) is 0 Å². The number of carbonyl (C=O) groups excluding carboxylic acids is 2. The average molecular weight is 415 g/mol. The van der Waals surface area contributed by atoms with E-state index in [4.69, 9.17) is 16.3 Å². The summed E-state index contributed by atoms with van der Waals surface area (Å²) in [6.45, 7) is 3.66. The summed E-state index contributed by atoms with van der Waals surface area (Å²) in [5.74, 6) is 0.205. The van der Waals surface area contributed by atoms with Crippen molar-refractivity contribution in [3.63, 3.8) is 0 Å². The van der Waals surface area contributed by atoms with Crippen LogP contribution in [0.5, 0.6) is 5.75 Å². The summed E-state index contributed by atoms with van der Waals surface area (Å²) in [6.07, 6.45) is 5.62. The molecule has 29 heavy (non-hydrogen) atoms. The number of aryl methyl sites for hydroxylation is 2. The van der Waals surface area contributed by atoms with Gasteiger partial charge in [0.15, 0.2) is 6.61 Å². The van der Waals surface area contributed by atoms with Crippen LogP contribution in [0.1, 0.15) is 53.6 Å². The Morgan fingerprint density at radius 3 is 2.45 bits per heavy atom. The zero-order valence-corrected chi connectivity index (χ0v) is 17.6. The van der Waals surface area contributed by atoms with Gasteiger partial charge in [0, 0.05) is 22.3 Å². The third-order valence-corrected chi connectivity index (χ3v) is 5.72. The van der Waals surface area contributed by atoms with Crippen molar-refractivity contribution in [1.29, 1.82) is 0 Å². The lowest BCUT2D eigenvalue weighted by Crippen LogP contribution is -2.36. The van der Waals surface area contributed by atoms with E-state index in [0.717, 1.165) is 36.8 Å². The first kappa shape index (κ1) is 21.2. The standard InChI is InChI=1S/C23H27ClN2O3/c1-15-11-20(12-16(2)22(15)24)29-14-21(27)25-19-10-6-7-17(13-19)23(28)26-18-8-4-3-5-9-18/h6-7,10-13,18H,3-5,8-9,14H2,1-2H3,(H,25,27)(H,26,28). The number of benzene rings is 2. The molecule has 3 rings (SSSR count). The maximum absolute atomic E-state index is 12.5. The van der Waals surface area contributed by atoms with Crippen molar-refractivity contribution < 1.29 is 14.3 Å². The highest BCUT2D eigenvalue weighted by atomic mass is 35.5. The van der Waals surface area contributed by atoms with Gasteiger partial charge in [-0.05, 0) is 68.1 Å². The highest BCUT2D eigenvalue weighted by molar-refractivity contribution is 6.32. The minimum atomic E-state index is -0.292. The maximum atomic E-state index is 12.5. The first-order valence-corrected chi connectivity index (χ1v) is 10.4. The van der Waals surface area contributed by atoms with Gasteiger partial charge < -0.3 is 15.4 Å². The van der Waals surface area contributed by atoms with Crippen LogP contribution in [-0.2, 0) is 4.79 Å². The summed E-state index contributed by atoms with van der Waals surface area (Å²) >= 11 is 6.15. The van der Waals surface area contributed by atoms with E-state index in [1.807, 2.05) is 13.8 Å². The van der Waals surface area contributed by atoms with Crippen molar-refractivity contribution >= 4 is 29.1 Å². The van der Waals surface area contributed by atoms with E-state index in [1.165, 1.54) is 6.42 Å². The van der Waals surface area contributed by atoms with Gasteiger partial charge in [-0.25, -0.2) is 0 Å². The smallest absolute Gasteiger partial charge is 0.262 e. The molecule has 2 amide bonds. The third-order valence-electron chi connectivity index (χ3n) is 5.13. The van der Waals surface area contributed by atoms with Crippen LogP contribution in [-0.4, -0.2) is 24.5 Å². The zero-order chi connectivity index (χ0) is 20.8. The molecule has 1 saturated carbocycles. The zero-order valence-electron chi connectivity index (χ0n) is 16.9. The van der Waals surface area contributed by atoms with Gasteiger partial charge in [-0.1, -0.05) is 36.9 Å². The molecule has 0 heterocycles. The molecule has 154 valence electrons. The molecule has 0 unspecified atom stereocenters. The molecule has 0 saturated heterocycles. The summed E-state index contributed by atoms with van der Waals surface area (Å²) in [6, 6.07) is 10.8. The number of halogens is 1. The molecule has 6 heteroatoms. The average Bonchev–Trinajstić information content (AvgIpc) is 2.71. The summed E-state index contributed by atoms with van der Waals surface area (Å²) in [5, 5.41) is 6.57. The molecule has 1 fully saturated rings. The highest BCUT2D eigenvalue weighted by Gasteiger charge is 2.17. The number of amides is 2. The Balaban J connectivity index is 1.55. The van der Waals surface area contributed by atoms with E-state index in [0.29, 0.717) is 22.0 Å². The van der Waals surface area contributed by atoms with Gasteiger partial charge in [-0.15, -0.1) is 0 Å². The van der Waals surface area contributed by atoms with Crippen LogP contribution in [0.15, 0.2) is 36.4 Å². The molecule has 5 nitrogen and oxygen atoms in total. The molecule has 0 atom stereocenters. The van der Waals surface area contributed by atoms with Crippen molar-refractivity contribution in [1.82, 2.24) is 5.32 Å². The van der Waals surface area contributed by atoms with E-state index in [1.54, 1.807) is 36.4 Å². The van der Waals surface area contributed by atoms with Crippen molar-refractivity contribution in [3.05, 3.63) is 58.1 Å². The Labute approximate surface area is 176 Å². The lowest BCUT2D eigenvalue weighted by Gasteiger charge is -2.22. The molecule has 1 aliphatic carbocycles. The second-order valence-corrected chi connectivity index (χ2v) is 7.98. The first-order chi connectivity index (χ1) is 13.9. The Morgan fingerprint density at radius 2 is 1.76 bits per heavy atom. The molecule has 2 N–H and O–H groups in total. The van der Waals surface area contributed by atoms with Gasteiger partial charge in [0.25, 0.3) is 11.8 Å². The van der Waals surface area contributed by atoms with Gasteiger partial charge in [0.1, 0.15) is 5.75 Å². The number of hydrogen-bond acceptors (Lipinski definition) is 3. The van der Waals surface area contributed by atoms with Gasteiger partial charge in [0.2, 0.25) is 0 Å². The molecular formula is C23H27ClN2O3. The van der Waals surface area contributed by atoms with Crippen molar-refractivity contribution in [2.24, 2.45) is 0 Å². The lowest BCUT2D eigenvalue weighted by atomic mass is 9.95. The predicted octanol–water partition coefficient (Wildman–Crippen LogP) is 5.04. The molecule has 0 radical (unpaired) electrons. The van der Waals surface area contributed by atoms with Crippen LogP contribution in [0.2, 0.25) is 5.02 Å². The topological polar surface area (TPSA) is 67.4 Å². The van der Waals surface area contributed by atoms with E-state index < -0.39 is 0 Å². The minimum absolute atomic E-state index is 0.101. The minimum Gasteiger partial charge on any atom is -0.484 e. The van der Waals surface area contributed by atoms with Crippen molar-refractivity contribution in [3.8, 4) is 5.75 Å². The SMILES string of the molecule is Cc1cc(OCC(=O)Nc2cccc(C(=O)NC3CCCCC3)c2)cc(C)c1Cl. The summed E-state index contributed by atoms with van der Waals surface area (Å²) < 4.78 is 5.58. The number of nitrogens with one attached hydrogen (secondary N) is 2. The number of carbonyl (C=O) groups is 2.